The fourth-order valence-corrected chi connectivity index (χ4v) is 13.9. The molecule has 420 valence electrons. The molecule has 79 heavy (non-hydrogen) atoms. The molecule has 0 saturated carbocycles. The number of nitrogens with one attached hydrogen (secondary N) is 4. The first-order valence-corrected chi connectivity index (χ1v) is 31.7. The lowest BCUT2D eigenvalue weighted by molar-refractivity contribution is -0.136. The summed E-state index contributed by atoms with van der Waals surface area (Å²) in [5, 5.41) is 6.86. The summed E-state index contributed by atoms with van der Waals surface area (Å²) in [5.41, 5.74) is 6.59. The average Bonchev–Trinajstić information content (AvgIpc) is 4.47. The van der Waals surface area contributed by atoms with E-state index in [0.29, 0.717) is 75.1 Å². The van der Waals surface area contributed by atoms with E-state index in [9.17, 15) is 19.2 Å². The molecule has 16 nitrogen and oxygen atoms in total. The number of rotatable bonds is 14. The van der Waals surface area contributed by atoms with Crippen molar-refractivity contribution in [3.63, 3.8) is 0 Å². The number of ether oxygens (including phenoxy) is 2. The second kappa shape index (κ2) is 22.6. The molecule has 2 aromatic heterocycles. The number of likely N-dealkylation sites (tertiary alicyclic amines) is 2. The monoisotopic (exact) mass is 1100 g/mol. The van der Waals surface area contributed by atoms with E-state index in [4.69, 9.17) is 19.4 Å². The van der Waals surface area contributed by atoms with Crippen molar-refractivity contribution in [1.29, 1.82) is 0 Å². The number of nitrogens with zero attached hydrogens (tertiary/aromatic N) is 6. The number of imidazole rings is 2. The van der Waals surface area contributed by atoms with Crippen LogP contribution in [0.5, 0.6) is 0 Å². The maximum atomic E-state index is 17.0. The summed E-state index contributed by atoms with van der Waals surface area (Å²) < 4.78 is 43.7. The van der Waals surface area contributed by atoms with Crippen molar-refractivity contribution >= 4 is 70.7 Å². The molecule has 19 heteroatoms. The molecule has 6 heterocycles. The third-order valence-corrected chi connectivity index (χ3v) is 19.1. The SMILES string of the molecule is COC(=O)N[C@H](C(=O)N1CCC[C@H]1c1nc2ccc([C@H]3CC[C@H](c4ccc5nc([C@@H]6CCCN6C(=O)[C@@H](NC(=O)OC)C(C)C)[nH]c5c4)N3c3cc(F)c(N4CCC(c5ccc([Si](C)(C)C)cc5)CC4)c(F)c3)cc2[nH]1)C(C)C. The fraction of sp³-hybridized carbons (Fsp3) is 0.500. The molecule has 0 unspecified atom stereocenters. The molecule has 0 radical (unpaired) electrons. The molecular weight excluding hydrogens is 1020 g/mol. The molecule has 4 aromatic carbocycles. The van der Waals surface area contributed by atoms with Gasteiger partial charge in [-0.3, -0.25) is 9.59 Å². The summed E-state index contributed by atoms with van der Waals surface area (Å²) in [7, 11) is 1.11. The van der Waals surface area contributed by atoms with Crippen LogP contribution in [0.1, 0.15) is 137 Å². The van der Waals surface area contributed by atoms with Crippen LogP contribution in [0.15, 0.2) is 72.8 Å². The zero-order valence-electron chi connectivity index (χ0n) is 47.0. The number of aromatic nitrogens is 4. The topological polar surface area (TPSA) is 181 Å². The van der Waals surface area contributed by atoms with Gasteiger partial charge in [0.2, 0.25) is 11.8 Å². The number of H-pyrrole nitrogens is 2. The zero-order valence-corrected chi connectivity index (χ0v) is 48.0. The van der Waals surface area contributed by atoms with Gasteiger partial charge in [0.15, 0.2) is 11.6 Å². The molecule has 0 aliphatic carbocycles. The number of carbonyl (C=O) groups excluding carboxylic acids is 4. The van der Waals surface area contributed by atoms with E-state index in [1.165, 1.54) is 37.1 Å². The number of hydrogen-bond acceptors (Lipinski definition) is 10. The Hall–Kier alpha value is -7.02. The Kier molecular flexibility index (Phi) is 15.8. The van der Waals surface area contributed by atoms with Crippen LogP contribution in [0.3, 0.4) is 0 Å². The Bertz CT molecular complexity index is 3050. The lowest BCUT2D eigenvalue weighted by Crippen LogP contribution is -2.51. The van der Waals surface area contributed by atoms with E-state index in [-0.39, 0.29) is 53.5 Å². The number of fused-ring (bicyclic) bond motifs is 2. The number of halogens is 2. The van der Waals surface area contributed by atoms with Crippen molar-refractivity contribution in [1.82, 2.24) is 40.4 Å². The van der Waals surface area contributed by atoms with Gasteiger partial charge in [-0.2, -0.15) is 0 Å². The van der Waals surface area contributed by atoms with Gasteiger partial charge >= 0.3 is 12.2 Å². The number of carbonyl (C=O) groups is 4. The van der Waals surface area contributed by atoms with Gasteiger partial charge in [0, 0.05) is 31.9 Å². The normalized spacial score (nSPS) is 20.9. The number of amides is 4. The molecule has 10 rings (SSSR count). The van der Waals surface area contributed by atoms with Crippen LogP contribution in [0.25, 0.3) is 22.1 Å². The highest BCUT2D eigenvalue weighted by Gasteiger charge is 2.41. The van der Waals surface area contributed by atoms with Gasteiger partial charge < -0.3 is 49.7 Å². The molecule has 6 atom stereocenters. The highest BCUT2D eigenvalue weighted by Crippen LogP contribution is 2.49. The quantitative estimate of drug-likeness (QED) is 0.0767. The maximum absolute atomic E-state index is 17.0. The minimum atomic E-state index is -1.45. The van der Waals surface area contributed by atoms with Gasteiger partial charge in [-0.1, -0.05) is 88.9 Å². The van der Waals surface area contributed by atoms with E-state index in [1.54, 1.807) is 9.80 Å². The molecule has 4 fully saturated rings. The average molecular weight is 1100 g/mol. The van der Waals surface area contributed by atoms with Crippen molar-refractivity contribution < 1.29 is 37.4 Å². The van der Waals surface area contributed by atoms with Crippen molar-refractivity contribution in [2.75, 3.05) is 50.2 Å². The predicted molar refractivity (Wildman–Crippen MR) is 305 cm³/mol. The summed E-state index contributed by atoms with van der Waals surface area (Å²) in [5.74, 6) is -0.332. The summed E-state index contributed by atoms with van der Waals surface area (Å²) in [6.07, 6.45) is 4.54. The first-order valence-electron chi connectivity index (χ1n) is 28.2. The fourth-order valence-electron chi connectivity index (χ4n) is 12.7. The van der Waals surface area contributed by atoms with Gasteiger partial charge in [-0.25, -0.2) is 28.3 Å². The summed E-state index contributed by atoms with van der Waals surface area (Å²) in [4.78, 5) is 77.2. The number of anilines is 2. The van der Waals surface area contributed by atoms with Crippen LogP contribution in [0, 0.1) is 23.5 Å². The number of methoxy groups -OCH3 is 2. The lowest BCUT2D eigenvalue weighted by Gasteiger charge is -2.36. The van der Waals surface area contributed by atoms with E-state index in [0.717, 1.165) is 58.9 Å². The Morgan fingerprint density at radius 3 is 1.46 bits per heavy atom. The molecule has 4 aliphatic rings. The first-order chi connectivity index (χ1) is 37.8. The number of benzene rings is 4. The largest absolute Gasteiger partial charge is 0.453 e. The molecule has 4 N–H and O–H groups in total. The molecule has 6 aromatic rings. The van der Waals surface area contributed by atoms with Crippen molar-refractivity contribution in [3.8, 4) is 0 Å². The minimum Gasteiger partial charge on any atom is -0.453 e. The van der Waals surface area contributed by atoms with E-state index in [2.05, 4.69) is 81.5 Å². The van der Waals surface area contributed by atoms with Gasteiger partial charge in [0.1, 0.15) is 29.4 Å². The molecule has 4 saturated heterocycles. The second-order valence-corrected chi connectivity index (χ2v) is 28.9. The van der Waals surface area contributed by atoms with E-state index in [1.807, 2.05) is 56.9 Å². The highest BCUT2D eigenvalue weighted by atomic mass is 28.3. The van der Waals surface area contributed by atoms with Crippen molar-refractivity contribution in [2.45, 2.75) is 141 Å². The van der Waals surface area contributed by atoms with Crippen LogP contribution in [-0.4, -0.2) is 114 Å². The van der Waals surface area contributed by atoms with Crippen molar-refractivity contribution in [2.24, 2.45) is 11.8 Å². The lowest BCUT2D eigenvalue weighted by atomic mass is 9.89. The predicted octanol–water partition coefficient (Wildman–Crippen LogP) is 10.8. The van der Waals surface area contributed by atoms with Crippen molar-refractivity contribution in [3.05, 3.63) is 113 Å². The smallest absolute Gasteiger partial charge is 0.407 e. The number of alkyl carbamates (subject to hydrolysis) is 2. The highest BCUT2D eigenvalue weighted by molar-refractivity contribution is 6.88. The zero-order chi connectivity index (χ0) is 56.0. The Morgan fingerprint density at radius 2 is 1.04 bits per heavy atom. The molecular formula is C60H76F2N10O6Si. The minimum absolute atomic E-state index is 0.00172. The van der Waals surface area contributed by atoms with Crippen LogP contribution < -0.4 is 25.6 Å². The van der Waals surface area contributed by atoms with Crippen LogP contribution in [0.2, 0.25) is 19.6 Å². The van der Waals surface area contributed by atoms with E-state index < -0.39 is 44.0 Å². The molecule has 4 amide bonds. The van der Waals surface area contributed by atoms with Gasteiger partial charge in [0.25, 0.3) is 0 Å². The first kappa shape index (κ1) is 55.3. The maximum Gasteiger partial charge on any atom is 0.407 e. The third kappa shape index (κ3) is 11.2. The Balaban J connectivity index is 0.957. The van der Waals surface area contributed by atoms with Crippen LogP contribution in [0.4, 0.5) is 29.7 Å². The molecule has 0 spiro atoms. The Labute approximate surface area is 462 Å². The summed E-state index contributed by atoms with van der Waals surface area (Å²) >= 11 is 0. The molecule has 4 aliphatic heterocycles. The van der Waals surface area contributed by atoms with E-state index >= 15 is 8.78 Å². The number of aromatic amines is 2. The Morgan fingerprint density at radius 1 is 0.595 bits per heavy atom. The summed E-state index contributed by atoms with van der Waals surface area (Å²) in [6, 6.07) is 21.3. The molecule has 0 bridgehead atoms. The number of piperidine rings is 1. The van der Waals surface area contributed by atoms with Gasteiger partial charge in [-0.15, -0.1) is 0 Å². The van der Waals surface area contributed by atoms with Crippen LogP contribution in [-0.2, 0) is 19.1 Å². The summed E-state index contributed by atoms with van der Waals surface area (Å²) in [6.45, 7) is 16.7. The second-order valence-electron chi connectivity index (χ2n) is 23.8. The standard InChI is InChI=1S/C60H76F2N10O6Si/c1-34(2)52(67-59(75)77-5)57(73)70-26-10-12-50(70)55-63-44-20-16-38(30-46(44)65-55)48-22-23-49(39-17-21-45-47(31-39)66-56(64-45)51-13-11-27-71(51)58(74)53(35(3)4)68-60(76)78-6)72(48)40-32-42(61)54(43(62)33-40)69-28-24-37(25-29-69)36-14-18-41(19-15-36)79(7,8)9/h14-21,30-35,37,48-53H,10-13,22-29H2,1-9H3,(H,63,65)(H,64,66)(H,67,75)(H,68,76)/t48-,49-,50+,51+,52+,53+/m1/s1. The van der Waals surface area contributed by atoms with Gasteiger partial charge in [0.05, 0.1) is 68.5 Å². The van der Waals surface area contributed by atoms with Crippen LogP contribution >= 0.6 is 0 Å². The van der Waals surface area contributed by atoms with Gasteiger partial charge in [-0.05, 0) is 122 Å². The third-order valence-electron chi connectivity index (χ3n) is 17.0. The number of hydrogen-bond donors (Lipinski definition) is 4.